The fourth-order valence-corrected chi connectivity index (χ4v) is 4.18. The molecule has 2 aliphatic heterocycles. The Balaban J connectivity index is 0.00000243. The molecule has 1 N–H and O–H groups in total. The maximum Gasteiger partial charge on any atom is 0.193 e. The molecule has 0 amide bonds. The first-order chi connectivity index (χ1) is 12.2. The molecule has 2 aliphatic rings. The first-order valence-corrected chi connectivity index (χ1v) is 9.85. The third-order valence-corrected chi connectivity index (χ3v) is 5.74. The molecule has 148 valence electrons. The van der Waals surface area contributed by atoms with Crippen LogP contribution in [0.15, 0.2) is 17.4 Å². The summed E-state index contributed by atoms with van der Waals surface area (Å²) in [5, 5.41) is 7.88. The summed E-state index contributed by atoms with van der Waals surface area (Å²) in [6, 6.07) is 0.756. The molecular weight excluding hydrogens is 439 g/mol. The van der Waals surface area contributed by atoms with Gasteiger partial charge in [-0.3, -0.25) is 9.67 Å². The molecule has 2 saturated heterocycles. The smallest absolute Gasteiger partial charge is 0.193 e. The first kappa shape index (κ1) is 21.5. The molecule has 0 saturated carbocycles. The zero-order chi connectivity index (χ0) is 17.6. The predicted molar refractivity (Wildman–Crippen MR) is 118 cm³/mol. The zero-order valence-electron chi connectivity index (χ0n) is 16.5. The average Bonchev–Trinajstić information content (AvgIpc) is 3.25. The molecule has 6 nitrogen and oxygen atoms in total. The van der Waals surface area contributed by atoms with Gasteiger partial charge >= 0.3 is 0 Å². The number of aliphatic imine (C=N–C) groups is 1. The molecule has 0 aliphatic carbocycles. The van der Waals surface area contributed by atoms with Crippen molar-refractivity contribution in [2.45, 2.75) is 51.0 Å². The van der Waals surface area contributed by atoms with Crippen LogP contribution in [0.5, 0.6) is 0 Å². The van der Waals surface area contributed by atoms with Crippen molar-refractivity contribution in [3.8, 4) is 0 Å². The second-order valence-corrected chi connectivity index (χ2v) is 7.59. The van der Waals surface area contributed by atoms with Crippen molar-refractivity contribution in [2.75, 3.05) is 39.8 Å². The summed E-state index contributed by atoms with van der Waals surface area (Å²) in [4.78, 5) is 9.53. The predicted octanol–water partition coefficient (Wildman–Crippen LogP) is 2.67. The highest BCUT2D eigenvalue weighted by Crippen LogP contribution is 2.26. The summed E-state index contributed by atoms with van der Waals surface area (Å²) >= 11 is 0. The summed E-state index contributed by atoms with van der Waals surface area (Å²) in [6.07, 6.45) is 10.6. The highest BCUT2D eigenvalue weighted by atomic mass is 127. The van der Waals surface area contributed by atoms with Gasteiger partial charge in [0.05, 0.1) is 6.20 Å². The molecular formula is C19H35IN6. The molecule has 2 atom stereocenters. The van der Waals surface area contributed by atoms with Crippen LogP contribution in [0.2, 0.25) is 0 Å². The Morgan fingerprint density at radius 1 is 1.31 bits per heavy atom. The number of guanidine groups is 1. The lowest BCUT2D eigenvalue weighted by Gasteiger charge is -2.33. The number of aromatic nitrogens is 2. The molecule has 7 heteroatoms. The van der Waals surface area contributed by atoms with E-state index < -0.39 is 0 Å². The van der Waals surface area contributed by atoms with Gasteiger partial charge in [0.25, 0.3) is 0 Å². The molecule has 0 spiro atoms. The second-order valence-electron chi connectivity index (χ2n) is 7.59. The number of rotatable bonds is 5. The standard InChI is InChI=1S/C19H34N6.HI/c1-16-7-4-5-10-24(16)11-6-9-21-19(20-2)25-12-8-17(15-25)18-13-22-23(3)14-18;/h13-14,16-17H,4-12,15H2,1-3H3,(H,20,21);1H. The van der Waals surface area contributed by atoms with Crippen molar-refractivity contribution in [3.63, 3.8) is 0 Å². The van der Waals surface area contributed by atoms with Crippen LogP contribution in [-0.2, 0) is 7.05 Å². The van der Waals surface area contributed by atoms with Crippen molar-refractivity contribution in [1.29, 1.82) is 0 Å². The Morgan fingerprint density at radius 2 is 2.15 bits per heavy atom. The summed E-state index contributed by atoms with van der Waals surface area (Å²) in [6.45, 7) is 7.95. The largest absolute Gasteiger partial charge is 0.356 e. The van der Waals surface area contributed by atoms with Gasteiger partial charge in [-0.25, -0.2) is 0 Å². The monoisotopic (exact) mass is 474 g/mol. The lowest BCUT2D eigenvalue weighted by molar-refractivity contribution is 0.159. The van der Waals surface area contributed by atoms with Crippen LogP contribution in [-0.4, -0.2) is 71.4 Å². The first-order valence-electron chi connectivity index (χ1n) is 9.85. The van der Waals surface area contributed by atoms with E-state index in [-0.39, 0.29) is 24.0 Å². The fourth-order valence-electron chi connectivity index (χ4n) is 4.18. The topological polar surface area (TPSA) is 48.7 Å². The van der Waals surface area contributed by atoms with Gasteiger partial charge in [-0.2, -0.15) is 5.10 Å². The number of hydrogen-bond acceptors (Lipinski definition) is 3. The average molecular weight is 474 g/mol. The van der Waals surface area contributed by atoms with E-state index in [0.29, 0.717) is 5.92 Å². The van der Waals surface area contributed by atoms with Crippen molar-refractivity contribution >= 4 is 29.9 Å². The fraction of sp³-hybridized carbons (Fsp3) is 0.789. The van der Waals surface area contributed by atoms with E-state index in [9.17, 15) is 0 Å². The van der Waals surface area contributed by atoms with Crippen LogP contribution in [0.1, 0.15) is 50.5 Å². The highest BCUT2D eigenvalue weighted by molar-refractivity contribution is 14.0. The Morgan fingerprint density at radius 3 is 2.85 bits per heavy atom. The van der Waals surface area contributed by atoms with Gasteiger partial charge in [-0.15, -0.1) is 24.0 Å². The summed E-state index contributed by atoms with van der Waals surface area (Å²) < 4.78 is 1.90. The summed E-state index contributed by atoms with van der Waals surface area (Å²) in [5.74, 6) is 1.62. The lowest BCUT2D eigenvalue weighted by Crippen LogP contribution is -2.42. The quantitative estimate of drug-likeness (QED) is 0.309. The SMILES string of the molecule is CN=C(NCCCN1CCCCC1C)N1CCC(c2cnn(C)c2)C1.I. The van der Waals surface area contributed by atoms with Crippen molar-refractivity contribution < 1.29 is 0 Å². The Hall–Kier alpha value is -0.830. The van der Waals surface area contributed by atoms with E-state index >= 15 is 0 Å². The van der Waals surface area contributed by atoms with Crippen molar-refractivity contribution in [1.82, 2.24) is 24.9 Å². The molecule has 3 heterocycles. The number of nitrogens with zero attached hydrogens (tertiary/aromatic N) is 5. The van der Waals surface area contributed by atoms with Gasteiger partial charge in [0.1, 0.15) is 0 Å². The molecule has 0 bridgehead atoms. The molecule has 3 rings (SSSR count). The second kappa shape index (κ2) is 10.5. The molecule has 1 aromatic heterocycles. The van der Waals surface area contributed by atoms with Gasteiger partial charge in [0.2, 0.25) is 0 Å². The number of piperidine rings is 1. The number of halogens is 1. The van der Waals surface area contributed by atoms with E-state index in [4.69, 9.17) is 0 Å². The number of likely N-dealkylation sites (tertiary alicyclic amines) is 2. The molecule has 2 fully saturated rings. The minimum atomic E-state index is 0. The van der Waals surface area contributed by atoms with E-state index in [1.54, 1.807) is 0 Å². The molecule has 26 heavy (non-hydrogen) atoms. The van der Waals surface area contributed by atoms with Gasteiger partial charge < -0.3 is 15.1 Å². The van der Waals surface area contributed by atoms with E-state index in [1.165, 1.54) is 50.8 Å². The number of nitrogens with one attached hydrogen (secondary N) is 1. The zero-order valence-corrected chi connectivity index (χ0v) is 18.9. The van der Waals surface area contributed by atoms with Crippen LogP contribution >= 0.6 is 24.0 Å². The maximum atomic E-state index is 4.50. The Bertz CT molecular complexity index is 572. The number of aryl methyl sites for hydroxylation is 1. The molecule has 0 aromatic carbocycles. The Kier molecular flexibility index (Phi) is 8.66. The van der Waals surface area contributed by atoms with Gasteiger partial charge in [0, 0.05) is 58.4 Å². The minimum absolute atomic E-state index is 0. The molecule has 2 unspecified atom stereocenters. The third kappa shape index (κ3) is 5.58. The van der Waals surface area contributed by atoms with Crippen LogP contribution in [0.4, 0.5) is 0 Å². The van der Waals surface area contributed by atoms with E-state index in [1.807, 2.05) is 25.0 Å². The van der Waals surface area contributed by atoms with Gasteiger partial charge in [0.15, 0.2) is 5.96 Å². The third-order valence-electron chi connectivity index (χ3n) is 5.74. The number of hydrogen-bond donors (Lipinski definition) is 1. The van der Waals surface area contributed by atoms with Crippen LogP contribution in [0.3, 0.4) is 0 Å². The maximum absolute atomic E-state index is 4.50. The molecule has 0 radical (unpaired) electrons. The minimum Gasteiger partial charge on any atom is -0.356 e. The molecule has 1 aromatic rings. The normalized spacial score (nSPS) is 24.6. The van der Waals surface area contributed by atoms with Gasteiger partial charge in [-0.05, 0) is 44.7 Å². The van der Waals surface area contributed by atoms with Crippen LogP contribution < -0.4 is 5.32 Å². The summed E-state index contributed by atoms with van der Waals surface area (Å²) in [5.41, 5.74) is 1.35. The Labute approximate surface area is 175 Å². The summed E-state index contributed by atoms with van der Waals surface area (Å²) in [7, 11) is 3.88. The van der Waals surface area contributed by atoms with Crippen LogP contribution in [0, 0.1) is 0 Å². The highest BCUT2D eigenvalue weighted by Gasteiger charge is 2.26. The lowest BCUT2D eigenvalue weighted by atomic mass is 10.0. The van der Waals surface area contributed by atoms with E-state index in [0.717, 1.165) is 31.6 Å². The van der Waals surface area contributed by atoms with Gasteiger partial charge in [-0.1, -0.05) is 6.42 Å². The van der Waals surface area contributed by atoms with Crippen molar-refractivity contribution in [3.05, 3.63) is 18.0 Å². The van der Waals surface area contributed by atoms with E-state index in [2.05, 4.69) is 38.3 Å². The van der Waals surface area contributed by atoms with Crippen LogP contribution in [0.25, 0.3) is 0 Å². The van der Waals surface area contributed by atoms with Crippen molar-refractivity contribution in [2.24, 2.45) is 12.0 Å².